The molecule has 6 nitrogen and oxygen atoms in total. The highest BCUT2D eigenvalue weighted by Crippen LogP contribution is 2.40. The summed E-state index contributed by atoms with van der Waals surface area (Å²) in [4.78, 5) is 0. The van der Waals surface area contributed by atoms with E-state index in [0.717, 1.165) is 5.56 Å². The number of hydrogen-bond donors (Lipinski definition) is 1. The minimum atomic E-state index is -2.91. The molecule has 0 saturated heterocycles. The predicted molar refractivity (Wildman–Crippen MR) is 127 cm³/mol. The van der Waals surface area contributed by atoms with Gasteiger partial charge in [0.1, 0.15) is 0 Å². The molecule has 0 heterocycles. The SMILES string of the molecule is [2H]C([2H])([2H])C(C([2H])([2H])[2H])[C@](C#N)(CCCNCCc1ccc(OC)c(OC)c1)c1ccc(OC)c(OC)c1. The molecule has 2 rings (SSSR count). The van der Waals surface area contributed by atoms with Crippen molar-refractivity contribution in [1.82, 2.24) is 5.32 Å². The van der Waals surface area contributed by atoms with Crippen LogP contribution in [0.25, 0.3) is 0 Å². The van der Waals surface area contributed by atoms with Gasteiger partial charge in [0.2, 0.25) is 0 Å². The number of nitrogens with one attached hydrogen (secondary N) is 1. The maximum Gasteiger partial charge on any atom is 0.161 e. The Hall–Kier alpha value is -2.91. The van der Waals surface area contributed by atoms with Crippen molar-refractivity contribution in [2.45, 2.75) is 38.4 Å². The zero-order valence-electron chi connectivity index (χ0n) is 25.2. The average molecular weight is 447 g/mol. The van der Waals surface area contributed by atoms with Crippen LogP contribution in [0.15, 0.2) is 36.4 Å². The number of benzene rings is 2. The minimum Gasteiger partial charge on any atom is -0.493 e. The largest absolute Gasteiger partial charge is 0.493 e. The van der Waals surface area contributed by atoms with Crippen LogP contribution in [0.2, 0.25) is 0 Å². The van der Waals surface area contributed by atoms with Gasteiger partial charge in [0.25, 0.3) is 0 Å². The van der Waals surface area contributed by atoms with Crippen LogP contribution in [0.3, 0.4) is 0 Å². The van der Waals surface area contributed by atoms with Crippen LogP contribution < -0.4 is 24.3 Å². The van der Waals surface area contributed by atoms with E-state index < -0.39 is 25.0 Å². The fourth-order valence-electron chi connectivity index (χ4n) is 3.64. The van der Waals surface area contributed by atoms with Crippen molar-refractivity contribution >= 4 is 0 Å². The van der Waals surface area contributed by atoms with Gasteiger partial charge in [-0.1, -0.05) is 25.8 Å². The van der Waals surface area contributed by atoms with Crippen LogP contribution in [0.1, 0.15) is 45.9 Å². The molecule has 2 aromatic carbocycles. The molecule has 0 spiro atoms. The van der Waals surface area contributed by atoms with Gasteiger partial charge in [-0.05, 0) is 73.7 Å². The fourth-order valence-corrected chi connectivity index (χ4v) is 3.64. The van der Waals surface area contributed by atoms with E-state index in [1.54, 1.807) is 26.4 Å². The number of nitriles is 1. The van der Waals surface area contributed by atoms with Gasteiger partial charge in [0.05, 0.1) is 39.9 Å². The van der Waals surface area contributed by atoms with Crippen LogP contribution in [0.4, 0.5) is 0 Å². The molecule has 174 valence electrons. The molecule has 0 saturated carbocycles. The summed E-state index contributed by atoms with van der Waals surface area (Å²) in [6, 6.07) is 12.4. The third-order valence-corrected chi connectivity index (χ3v) is 5.55. The lowest BCUT2D eigenvalue weighted by molar-refractivity contribution is 0.341. The smallest absolute Gasteiger partial charge is 0.161 e. The molecule has 32 heavy (non-hydrogen) atoms. The number of nitrogens with zero attached hydrogens (tertiary/aromatic N) is 1. The molecular formula is C26H36N2O4. The first-order valence-corrected chi connectivity index (χ1v) is 10.4. The Morgan fingerprint density at radius 3 is 2.12 bits per heavy atom. The Labute approximate surface area is 200 Å². The summed E-state index contributed by atoms with van der Waals surface area (Å²) >= 11 is 0. The molecule has 1 atom stereocenters. The van der Waals surface area contributed by atoms with Crippen LogP contribution in [0.5, 0.6) is 23.0 Å². The predicted octanol–water partition coefficient (Wildman–Crippen LogP) is 4.75. The van der Waals surface area contributed by atoms with E-state index in [2.05, 4.69) is 11.4 Å². The topological polar surface area (TPSA) is 72.7 Å². The third kappa shape index (κ3) is 5.86. The number of methoxy groups -OCH3 is 4. The highest BCUT2D eigenvalue weighted by Gasteiger charge is 2.36. The first-order chi connectivity index (χ1) is 17.9. The van der Waals surface area contributed by atoms with Gasteiger partial charge in [0.15, 0.2) is 23.0 Å². The molecule has 0 fully saturated rings. The second-order valence-electron chi connectivity index (χ2n) is 7.38. The second-order valence-corrected chi connectivity index (χ2v) is 7.38. The Morgan fingerprint density at radius 1 is 0.906 bits per heavy atom. The minimum absolute atomic E-state index is 0.0176. The van der Waals surface area contributed by atoms with E-state index in [1.807, 2.05) is 18.2 Å². The Kier molecular flexibility index (Phi) is 6.72. The summed E-state index contributed by atoms with van der Waals surface area (Å²) in [7, 11) is 6.02. The Balaban J connectivity index is 2.25. The van der Waals surface area contributed by atoms with E-state index in [4.69, 9.17) is 27.2 Å². The highest BCUT2D eigenvalue weighted by molar-refractivity contribution is 5.47. The summed E-state index contributed by atoms with van der Waals surface area (Å²) in [5.41, 5.74) is -0.516. The van der Waals surface area contributed by atoms with Crippen LogP contribution in [-0.2, 0) is 11.8 Å². The summed E-state index contributed by atoms with van der Waals surface area (Å²) in [6.07, 6.45) is 1.09. The van der Waals surface area contributed by atoms with E-state index in [-0.39, 0.29) is 17.7 Å². The van der Waals surface area contributed by atoms with E-state index in [1.165, 1.54) is 20.3 Å². The van der Waals surface area contributed by atoms with Gasteiger partial charge in [-0.3, -0.25) is 0 Å². The summed E-state index contributed by atoms with van der Waals surface area (Å²) < 4.78 is 69.6. The highest BCUT2D eigenvalue weighted by atomic mass is 16.5. The number of rotatable bonds is 13. The van der Waals surface area contributed by atoms with Gasteiger partial charge in [-0.15, -0.1) is 0 Å². The van der Waals surface area contributed by atoms with Crippen molar-refractivity contribution in [2.24, 2.45) is 5.92 Å². The molecule has 0 bridgehead atoms. The first-order valence-electron chi connectivity index (χ1n) is 13.4. The normalized spacial score (nSPS) is 16.2. The van der Waals surface area contributed by atoms with Crippen LogP contribution in [-0.4, -0.2) is 41.5 Å². The maximum absolute atomic E-state index is 10.4. The molecule has 1 N–H and O–H groups in total. The van der Waals surface area contributed by atoms with Crippen LogP contribution >= 0.6 is 0 Å². The van der Waals surface area contributed by atoms with Crippen molar-refractivity contribution in [3.05, 3.63) is 47.5 Å². The molecule has 0 aliphatic heterocycles. The second kappa shape index (κ2) is 12.2. The van der Waals surface area contributed by atoms with E-state index in [0.29, 0.717) is 43.2 Å². The molecule has 0 radical (unpaired) electrons. The van der Waals surface area contributed by atoms with Crippen LogP contribution in [0, 0.1) is 17.2 Å². The lowest BCUT2D eigenvalue weighted by Gasteiger charge is -2.32. The van der Waals surface area contributed by atoms with Crippen molar-refractivity contribution < 1.29 is 27.2 Å². The molecule has 0 aliphatic carbocycles. The Morgan fingerprint density at radius 2 is 1.53 bits per heavy atom. The quantitative estimate of drug-likeness (QED) is 0.448. The lowest BCUT2D eigenvalue weighted by Crippen LogP contribution is -2.32. The number of hydrogen-bond acceptors (Lipinski definition) is 6. The monoisotopic (exact) mass is 446 g/mol. The van der Waals surface area contributed by atoms with Gasteiger partial charge in [0, 0.05) is 8.22 Å². The van der Waals surface area contributed by atoms with Gasteiger partial charge >= 0.3 is 0 Å². The molecule has 0 aliphatic rings. The van der Waals surface area contributed by atoms with Crippen molar-refractivity contribution in [3.8, 4) is 29.1 Å². The van der Waals surface area contributed by atoms with Crippen molar-refractivity contribution in [1.29, 1.82) is 5.26 Å². The molecule has 6 heteroatoms. The first kappa shape index (κ1) is 17.6. The van der Waals surface area contributed by atoms with Crippen molar-refractivity contribution in [2.75, 3.05) is 41.5 Å². The van der Waals surface area contributed by atoms with Gasteiger partial charge in [-0.2, -0.15) is 5.26 Å². The van der Waals surface area contributed by atoms with E-state index in [9.17, 15) is 5.26 Å². The van der Waals surface area contributed by atoms with Gasteiger partial charge in [-0.25, -0.2) is 0 Å². The van der Waals surface area contributed by atoms with Gasteiger partial charge < -0.3 is 24.3 Å². The molecule has 0 aromatic heterocycles. The standard InChI is InChI=1S/C26H36N2O4/c1-19(2)26(18-27,21-9-11-23(30-4)25(17-21)32-6)13-7-14-28-15-12-20-8-10-22(29-3)24(16-20)31-5/h8-11,16-17,19,28H,7,12-15H2,1-6H3/t26-/m1/s1/i1D3,2D3. The molecule has 0 unspecified atom stereocenters. The van der Waals surface area contributed by atoms with Crippen molar-refractivity contribution in [3.63, 3.8) is 0 Å². The average Bonchev–Trinajstić information content (AvgIpc) is 2.87. The summed E-state index contributed by atoms with van der Waals surface area (Å²) in [5.74, 6) is 0.0495. The fraction of sp³-hybridized carbons (Fsp3) is 0.500. The number of ether oxygens (including phenoxy) is 4. The summed E-state index contributed by atoms with van der Waals surface area (Å²) in [6.45, 7) is -4.74. The molecule has 2 aromatic rings. The molecule has 0 amide bonds. The lowest BCUT2D eigenvalue weighted by atomic mass is 9.70. The third-order valence-electron chi connectivity index (χ3n) is 5.55. The molecular weight excluding hydrogens is 404 g/mol. The maximum atomic E-state index is 10.4. The van der Waals surface area contributed by atoms with E-state index >= 15 is 0 Å². The zero-order valence-corrected chi connectivity index (χ0v) is 19.2. The zero-order chi connectivity index (χ0) is 28.6. The summed E-state index contributed by atoms with van der Waals surface area (Å²) in [5, 5.41) is 13.7. The Bertz CT molecular complexity index is 1090.